The Hall–Kier alpha value is -3.12. The maximum atomic E-state index is 13.5. The zero-order valence-corrected chi connectivity index (χ0v) is 19.1. The van der Waals surface area contributed by atoms with Crippen molar-refractivity contribution < 1.29 is 13.2 Å². The Balaban J connectivity index is 1.96. The van der Waals surface area contributed by atoms with Crippen LogP contribution in [-0.4, -0.2) is 20.9 Å². The van der Waals surface area contributed by atoms with Gasteiger partial charge in [0.25, 0.3) is 10.0 Å². The molecule has 3 rings (SSSR count). The summed E-state index contributed by atoms with van der Waals surface area (Å²) in [6, 6.07) is 21.3. The van der Waals surface area contributed by atoms with Crippen molar-refractivity contribution in [3.8, 4) is 0 Å². The standard InChI is InChI=1S/C25H28N2O3S/c1-18(2)21-11-13-22(14-12-21)27(31(29,30)23-15-9-19(3)10-16-23)17-25(28)26-24-8-6-5-7-20(24)4/h5-16,18H,17H2,1-4H3,(H,26,28). The molecule has 3 aromatic rings. The van der Waals surface area contributed by atoms with E-state index < -0.39 is 15.9 Å². The van der Waals surface area contributed by atoms with Gasteiger partial charge in [0.1, 0.15) is 6.54 Å². The fourth-order valence-electron chi connectivity index (χ4n) is 3.21. The van der Waals surface area contributed by atoms with E-state index in [1.807, 2.05) is 44.2 Å². The lowest BCUT2D eigenvalue weighted by Gasteiger charge is -2.25. The van der Waals surface area contributed by atoms with Crippen LogP contribution in [0.4, 0.5) is 11.4 Å². The second-order valence-corrected chi connectivity index (χ2v) is 9.80. The first-order valence-electron chi connectivity index (χ1n) is 10.2. The van der Waals surface area contributed by atoms with Crippen molar-refractivity contribution in [2.75, 3.05) is 16.2 Å². The zero-order valence-electron chi connectivity index (χ0n) is 18.3. The molecular formula is C25H28N2O3S. The fourth-order valence-corrected chi connectivity index (χ4v) is 4.63. The first-order valence-corrected chi connectivity index (χ1v) is 11.7. The summed E-state index contributed by atoms with van der Waals surface area (Å²) in [7, 11) is -3.93. The van der Waals surface area contributed by atoms with E-state index in [1.54, 1.807) is 42.5 Å². The number of hydrogen-bond donors (Lipinski definition) is 1. The van der Waals surface area contributed by atoms with Crippen molar-refractivity contribution in [3.05, 3.63) is 89.5 Å². The lowest BCUT2D eigenvalue weighted by molar-refractivity contribution is -0.114. The molecule has 31 heavy (non-hydrogen) atoms. The topological polar surface area (TPSA) is 66.5 Å². The number of nitrogens with zero attached hydrogens (tertiary/aromatic N) is 1. The number of benzene rings is 3. The highest BCUT2D eigenvalue weighted by Gasteiger charge is 2.27. The van der Waals surface area contributed by atoms with E-state index in [9.17, 15) is 13.2 Å². The molecule has 0 aromatic heterocycles. The average Bonchev–Trinajstić information content (AvgIpc) is 2.74. The van der Waals surface area contributed by atoms with Gasteiger partial charge in [-0.1, -0.05) is 61.9 Å². The Labute approximate surface area is 184 Å². The smallest absolute Gasteiger partial charge is 0.264 e. The SMILES string of the molecule is Cc1ccc(S(=O)(=O)N(CC(=O)Nc2ccccc2C)c2ccc(C(C)C)cc2)cc1. The quantitative estimate of drug-likeness (QED) is 0.549. The molecule has 0 saturated carbocycles. The summed E-state index contributed by atoms with van der Waals surface area (Å²) < 4.78 is 28.1. The molecule has 0 unspecified atom stereocenters. The summed E-state index contributed by atoms with van der Waals surface area (Å²) in [4.78, 5) is 13.0. The van der Waals surface area contributed by atoms with E-state index in [4.69, 9.17) is 0 Å². The van der Waals surface area contributed by atoms with Crippen molar-refractivity contribution in [2.45, 2.75) is 38.5 Å². The highest BCUT2D eigenvalue weighted by Crippen LogP contribution is 2.26. The molecule has 0 heterocycles. The lowest BCUT2D eigenvalue weighted by atomic mass is 10.0. The highest BCUT2D eigenvalue weighted by atomic mass is 32.2. The molecule has 0 bridgehead atoms. The van der Waals surface area contributed by atoms with Crippen molar-refractivity contribution in [3.63, 3.8) is 0 Å². The minimum atomic E-state index is -3.93. The number of rotatable bonds is 7. The lowest BCUT2D eigenvalue weighted by Crippen LogP contribution is -2.38. The van der Waals surface area contributed by atoms with Crippen LogP contribution in [0.3, 0.4) is 0 Å². The van der Waals surface area contributed by atoms with Gasteiger partial charge in [-0.05, 0) is 61.2 Å². The van der Waals surface area contributed by atoms with Gasteiger partial charge in [-0.2, -0.15) is 0 Å². The number of carbonyl (C=O) groups excluding carboxylic acids is 1. The number of para-hydroxylation sites is 1. The van der Waals surface area contributed by atoms with Gasteiger partial charge in [0.2, 0.25) is 5.91 Å². The molecule has 0 radical (unpaired) electrons. The number of anilines is 2. The van der Waals surface area contributed by atoms with Crippen molar-refractivity contribution in [1.29, 1.82) is 0 Å². The predicted molar refractivity (Wildman–Crippen MR) is 126 cm³/mol. The largest absolute Gasteiger partial charge is 0.324 e. The summed E-state index contributed by atoms with van der Waals surface area (Å²) in [6.45, 7) is 7.61. The Morgan fingerprint density at radius 3 is 2.10 bits per heavy atom. The van der Waals surface area contributed by atoms with Gasteiger partial charge in [0.05, 0.1) is 10.6 Å². The molecule has 1 N–H and O–H groups in total. The van der Waals surface area contributed by atoms with Crippen molar-refractivity contribution in [2.24, 2.45) is 0 Å². The molecule has 1 amide bonds. The van der Waals surface area contributed by atoms with Crippen LogP contribution in [0, 0.1) is 13.8 Å². The van der Waals surface area contributed by atoms with Crippen LogP contribution in [-0.2, 0) is 14.8 Å². The third-order valence-corrected chi connectivity index (χ3v) is 6.95. The van der Waals surface area contributed by atoms with E-state index in [0.717, 1.165) is 21.0 Å². The molecule has 0 spiro atoms. The average molecular weight is 437 g/mol. The fraction of sp³-hybridized carbons (Fsp3) is 0.240. The maximum absolute atomic E-state index is 13.5. The summed E-state index contributed by atoms with van der Waals surface area (Å²) in [5, 5.41) is 2.83. The van der Waals surface area contributed by atoms with Crippen LogP contribution in [0.15, 0.2) is 77.7 Å². The van der Waals surface area contributed by atoms with Gasteiger partial charge in [0.15, 0.2) is 0 Å². The first kappa shape index (κ1) is 22.6. The van der Waals surface area contributed by atoms with Gasteiger partial charge in [-0.15, -0.1) is 0 Å². The molecule has 3 aromatic carbocycles. The van der Waals surface area contributed by atoms with Gasteiger partial charge in [-0.25, -0.2) is 8.42 Å². The van der Waals surface area contributed by atoms with E-state index in [1.165, 1.54) is 0 Å². The van der Waals surface area contributed by atoms with Gasteiger partial charge >= 0.3 is 0 Å². The molecule has 0 atom stereocenters. The molecule has 0 aliphatic rings. The number of nitrogens with one attached hydrogen (secondary N) is 1. The van der Waals surface area contributed by atoms with Gasteiger partial charge in [0, 0.05) is 5.69 Å². The molecule has 162 valence electrons. The third kappa shape index (κ3) is 5.33. The monoisotopic (exact) mass is 436 g/mol. The minimum absolute atomic E-state index is 0.148. The van der Waals surface area contributed by atoms with Crippen molar-refractivity contribution in [1.82, 2.24) is 0 Å². The van der Waals surface area contributed by atoms with Crippen LogP contribution in [0.1, 0.15) is 36.5 Å². The second-order valence-electron chi connectivity index (χ2n) is 7.93. The van der Waals surface area contributed by atoms with Gasteiger partial charge in [-0.3, -0.25) is 9.10 Å². The van der Waals surface area contributed by atoms with E-state index >= 15 is 0 Å². The van der Waals surface area contributed by atoms with Crippen LogP contribution in [0.5, 0.6) is 0 Å². The highest BCUT2D eigenvalue weighted by molar-refractivity contribution is 7.92. The summed E-state index contributed by atoms with van der Waals surface area (Å²) in [5.74, 6) is -0.0847. The number of hydrogen-bond acceptors (Lipinski definition) is 3. The molecule has 0 saturated heterocycles. The van der Waals surface area contributed by atoms with Crippen molar-refractivity contribution >= 4 is 27.3 Å². The van der Waals surface area contributed by atoms with Gasteiger partial charge < -0.3 is 5.32 Å². The molecule has 6 heteroatoms. The molecule has 0 aliphatic carbocycles. The maximum Gasteiger partial charge on any atom is 0.264 e. The molecule has 5 nitrogen and oxygen atoms in total. The summed E-state index contributed by atoms with van der Waals surface area (Å²) in [6.07, 6.45) is 0. The Morgan fingerprint density at radius 2 is 1.52 bits per heavy atom. The molecular weight excluding hydrogens is 408 g/mol. The minimum Gasteiger partial charge on any atom is -0.324 e. The third-order valence-electron chi connectivity index (χ3n) is 5.16. The van der Waals surface area contributed by atoms with Crippen LogP contribution < -0.4 is 9.62 Å². The zero-order chi connectivity index (χ0) is 22.6. The number of sulfonamides is 1. The molecule has 0 fully saturated rings. The van der Waals surface area contributed by atoms with Crippen LogP contribution >= 0.6 is 0 Å². The predicted octanol–water partition coefficient (Wildman–Crippen LogP) is 5.26. The number of amides is 1. The van der Waals surface area contributed by atoms with Crippen LogP contribution in [0.25, 0.3) is 0 Å². The Bertz CT molecular complexity index is 1150. The number of aryl methyl sites for hydroxylation is 2. The Morgan fingerprint density at radius 1 is 0.903 bits per heavy atom. The van der Waals surface area contributed by atoms with E-state index in [0.29, 0.717) is 17.3 Å². The summed E-state index contributed by atoms with van der Waals surface area (Å²) in [5.41, 5.74) is 4.08. The Kier molecular flexibility index (Phi) is 6.81. The number of carbonyl (C=O) groups is 1. The second kappa shape index (κ2) is 9.35. The normalized spacial score (nSPS) is 11.4. The van der Waals surface area contributed by atoms with Crippen LogP contribution in [0.2, 0.25) is 0 Å². The first-order chi connectivity index (χ1) is 14.7. The summed E-state index contributed by atoms with van der Waals surface area (Å²) >= 11 is 0. The molecule has 0 aliphatic heterocycles. The van der Waals surface area contributed by atoms with E-state index in [2.05, 4.69) is 19.2 Å². The van der Waals surface area contributed by atoms with E-state index in [-0.39, 0.29) is 11.4 Å².